The number of aryl methyl sites for hydroxylation is 1. The van der Waals surface area contributed by atoms with Crippen molar-refractivity contribution >= 4 is 5.97 Å². The summed E-state index contributed by atoms with van der Waals surface area (Å²) in [4.78, 5) is 15.9. The zero-order valence-electron chi connectivity index (χ0n) is 11.3. The molecular weight excluding hydrogens is 256 g/mol. The number of ether oxygens (including phenoxy) is 1. The number of nitriles is 1. The molecule has 0 radical (unpaired) electrons. The second-order valence-corrected chi connectivity index (χ2v) is 4.17. The van der Waals surface area contributed by atoms with E-state index in [9.17, 15) is 4.79 Å². The van der Waals surface area contributed by atoms with Gasteiger partial charge in [0, 0.05) is 18.1 Å². The van der Waals surface area contributed by atoms with Crippen molar-refractivity contribution in [3.05, 3.63) is 47.0 Å². The van der Waals surface area contributed by atoms with Crippen molar-refractivity contribution in [2.75, 3.05) is 6.61 Å². The van der Waals surface area contributed by atoms with Crippen LogP contribution in [0.1, 0.15) is 34.2 Å². The van der Waals surface area contributed by atoms with E-state index in [1.807, 2.05) is 25.1 Å². The molecule has 0 unspecified atom stereocenters. The van der Waals surface area contributed by atoms with E-state index in [0.29, 0.717) is 6.54 Å². The minimum absolute atomic E-state index is 0.0741. The fraction of sp³-hybridized carbons (Fsp3) is 0.286. The average molecular weight is 270 g/mol. The molecule has 0 saturated heterocycles. The molecule has 0 aliphatic carbocycles. The van der Waals surface area contributed by atoms with E-state index in [2.05, 4.69) is 10.1 Å². The first kappa shape index (κ1) is 13.7. The van der Waals surface area contributed by atoms with Gasteiger partial charge in [0.25, 0.3) is 0 Å². The van der Waals surface area contributed by atoms with Gasteiger partial charge in [0.1, 0.15) is 11.6 Å². The minimum Gasteiger partial charge on any atom is -0.462 e. The van der Waals surface area contributed by atoms with E-state index in [1.54, 1.807) is 17.8 Å². The molecule has 6 heteroatoms. The largest absolute Gasteiger partial charge is 0.462 e. The van der Waals surface area contributed by atoms with E-state index in [4.69, 9.17) is 10.00 Å². The van der Waals surface area contributed by atoms with Crippen LogP contribution in [0.2, 0.25) is 0 Å². The number of aromatic nitrogens is 3. The lowest BCUT2D eigenvalue weighted by molar-refractivity contribution is 0.0526. The molecule has 20 heavy (non-hydrogen) atoms. The van der Waals surface area contributed by atoms with Crippen molar-refractivity contribution in [3.8, 4) is 6.07 Å². The summed E-state index contributed by atoms with van der Waals surface area (Å²) in [5.74, 6) is -0.529. The summed E-state index contributed by atoms with van der Waals surface area (Å²) in [5.41, 5.74) is 2.13. The molecule has 0 atom stereocenters. The van der Waals surface area contributed by atoms with Crippen LogP contribution in [0.3, 0.4) is 0 Å². The molecule has 2 heterocycles. The maximum absolute atomic E-state index is 11.7. The Balaban J connectivity index is 2.29. The van der Waals surface area contributed by atoms with E-state index in [-0.39, 0.29) is 17.9 Å². The van der Waals surface area contributed by atoms with Gasteiger partial charge < -0.3 is 4.74 Å². The van der Waals surface area contributed by atoms with Gasteiger partial charge in [0.2, 0.25) is 0 Å². The Bertz CT molecular complexity index is 670. The van der Waals surface area contributed by atoms with E-state index >= 15 is 0 Å². The third-order valence-corrected chi connectivity index (χ3v) is 2.81. The van der Waals surface area contributed by atoms with Crippen molar-refractivity contribution < 1.29 is 9.53 Å². The van der Waals surface area contributed by atoms with Crippen molar-refractivity contribution in [1.29, 1.82) is 5.26 Å². The van der Waals surface area contributed by atoms with Crippen LogP contribution in [0, 0.1) is 18.3 Å². The van der Waals surface area contributed by atoms with Crippen LogP contribution in [0.4, 0.5) is 0 Å². The summed E-state index contributed by atoms with van der Waals surface area (Å²) in [7, 11) is 0. The van der Waals surface area contributed by atoms with Crippen molar-refractivity contribution in [2.24, 2.45) is 0 Å². The standard InChI is InChI=1S/C14H14N4O2/c1-3-20-14(19)12-9-18(17-13(12)7-15)8-11-5-4-6-16-10(11)2/h4-6,9H,3,8H2,1-2H3. The Kier molecular flexibility index (Phi) is 4.11. The van der Waals surface area contributed by atoms with Gasteiger partial charge in [-0.3, -0.25) is 9.67 Å². The van der Waals surface area contributed by atoms with Crippen LogP contribution in [0.15, 0.2) is 24.5 Å². The Hall–Kier alpha value is -2.68. The second kappa shape index (κ2) is 5.97. The molecule has 0 aliphatic heterocycles. The van der Waals surface area contributed by atoms with Gasteiger partial charge in [-0.1, -0.05) is 6.07 Å². The highest BCUT2D eigenvalue weighted by Crippen LogP contribution is 2.11. The monoisotopic (exact) mass is 270 g/mol. The average Bonchev–Trinajstić information content (AvgIpc) is 2.85. The number of hydrogen-bond donors (Lipinski definition) is 0. The summed E-state index contributed by atoms with van der Waals surface area (Å²) in [6.07, 6.45) is 3.25. The van der Waals surface area contributed by atoms with Crippen molar-refractivity contribution in [1.82, 2.24) is 14.8 Å². The molecule has 0 saturated carbocycles. The molecule has 2 rings (SSSR count). The zero-order valence-corrected chi connectivity index (χ0v) is 11.3. The van der Waals surface area contributed by atoms with Crippen LogP contribution in [0.25, 0.3) is 0 Å². The topological polar surface area (TPSA) is 80.8 Å². The number of rotatable bonds is 4. The first-order chi connectivity index (χ1) is 9.65. The number of carbonyl (C=O) groups is 1. The number of esters is 1. The summed E-state index contributed by atoms with van der Waals surface area (Å²) in [6, 6.07) is 5.67. The second-order valence-electron chi connectivity index (χ2n) is 4.17. The maximum Gasteiger partial charge on any atom is 0.342 e. The molecule has 0 N–H and O–H groups in total. The molecule has 102 valence electrons. The number of hydrogen-bond acceptors (Lipinski definition) is 5. The molecule has 0 fully saturated rings. The van der Waals surface area contributed by atoms with Crippen LogP contribution in [-0.4, -0.2) is 27.3 Å². The molecule has 0 bridgehead atoms. The molecule has 6 nitrogen and oxygen atoms in total. The van der Waals surface area contributed by atoms with Gasteiger partial charge in [0.15, 0.2) is 5.69 Å². The van der Waals surface area contributed by atoms with Crippen LogP contribution < -0.4 is 0 Å². The molecule has 2 aromatic heterocycles. The molecule has 0 spiro atoms. The Morgan fingerprint density at radius 1 is 1.55 bits per heavy atom. The molecule has 0 amide bonds. The smallest absolute Gasteiger partial charge is 0.342 e. The Morgan fingerprint density at radius 3 is 3.00 bits per heavy atom. The molecular formula is C14H14N4O2. The van der Waals surface area contributed by atoms with Crippen LogP contribution in [-0.2, 0) is 11.3 Å². The van der Waals surface area contributed by atoms with Crippen LogP contribution >= 0.6 is 0 Å². The SMILES string of the molecule is CCOC(=O)c1cn(Cc2cccnc2C)nc1C#N. The van der Waals surface area contributed by atoms with Crippen molar-refractivity contribution in [3.63, 3.8) is 0 Å². The number of pyridine rings is 1. The highest BCUT2D eigenvalue weighted by molar-refractivity contribution is 5.91. The maximum atomic E-state index is 11.7. The lowest BCUT2D eigenvalue weighted by Gasteiger charge is -2.04. The summed E-state index contributed by atoms with van der Waals surface area (Å²) >= 11 is 0. The predicted octanol–water partition coefficient (Wildman–Crippen LogP) is 1.68. The van der Waals surface area contributed by atoms with Gasteiger partial charge in [-0.2, -0.15) is 10.4 Å². The predicted molar refractivity (Wildman–Crippen MR) is 71.0 cm³/mol. The Labute approximate surface area is 116 Å². The Morgan fingerprint density at radius 2 is 2.35 bits per heavy atom. The van der Waals surface area contributed by atoms with E-state index in [1.165, 1.54) is 6.20 Å². The highest BCUT2D eigenvalue weighted by Gasteiger charge is 2.17. The fourth-order valence-electron chi connectivity index (χ4n) is 1.80. The van der Waals surface area contributed by atoms with Gasteiger partial charge in [-0.25, -0.2) is 4.79 Å². The first-order valence-corrected chi connectivity index (χ1v) is 6.21. The quantitative estimate of drug-likeness (QED) is 0.789. The van der Waals surface area contributed by atoms with E-state index < -0.39 is 5.97 Å². The lowest BCUT2D eigenvalue weighted by atomic mass is 10.2. The minimum atomic E-state index is -0.529. The van der Waals surface area contributed by atoms with Gasteiger partial charge >= 0.3 is 5.97 Å². The number of nitrogens with zero attached hydrogens (tertiary/aromatic N) is 4. The highest BCUT2D eigenvalue weighted by atomic mass is 16.5. The van der Waals surface area contributed by atoms with Gasteiger partial charge in [-0.05, 0) is 25.5 Å². The van der Waals surface area contributed by atoms with Crippen LogP contribution in [0.5, 0.6) is 0 Å². The lowest BCUT2D eigenvalue weighted by Crippen LogP contribution is -2.05. The zero-order chi connectivity index (χ0) is 14.5. The summed E-state index contributed by atoms with van der Waals surface area (Å²) in [6.45, 7) is 4.33. The number of carbonyl (C=O) groups excluding carboxylic acids is 1. The summed E-state index contributed by atoms with van der Waals surface area (Å²) in [5, 5.41) is 13.1. The van der Waals surface area contributed by atoms with Gasteiger partial charge in [-0.15, -0.1) is 0 Å². The van der Waals surface area contributed by atoms with Gasteiger partial charge in [0.05, 0.1) is 13.2 Å². The summed E-state index contributed by atoms with van der Waals surface area (Å²) < 4.78 is 6.45. The fourth-order valence-corrected chi connectivity index (χ4v) is 1.80. The third kappa shape index (κ3) is 2.83. The molecule has 0 aromatic carbocycles. The molecule has 0 aliphatic rings. The third-order valence-electron chi connectivity index (χ3n) is 2.81. The normalized spacial score (nSPS) is 10.1. The molecule has 2 aromatic rings. The first-order valence-electron chi connectivity index (χ1n) is 6.21. The van der Waals surface area contributed by atoms with E-state index in [0.717, 1.165) is 11.3 Å². The van der Waals surface area contributed by atoms with Crippen molar-refractivity contribution in [2.45, 2.75) is 20.4 Å².